The molecule has 3 heterocycles. The fourth-order valence-electron chi connectivity index (χ4n) is 5.39. The van der Waals surface area contributed by atoms with Crippen LogP contribution in [0.1, 0.15) is 45.6 Å². The van der Waals surface area contributed by atoms with Gasteiger partial charge in [0.05, 0.1) is 17.9 Å². The second-order valence-electron chi connectivity index (χ2n) is 9.89. The number of carbonyl (C=O) groups is 1. The Hall–Kier alpha value is -2.47. The van der Waals surface area contributed by atoms with Crippen LogP contribution in [0.4, 0.5) is 4.79 Å². The number of piperidine rings is 1. The Morgan fingerprint density at radius 3 is 2.49 bits per heavy atom. The number of aliphatic hydroxyl groups is 1. The van der Waals surface area contributed by atoms with E-state index in [0.29, 0.717) is 19.4 Å². The van der Waals surface area contributed by atoms with E-state index >= 15 is 0 Å². The van der Waals surface area contributed by atoms with Crippen LogP contribution < -0.4 is 20.3 Å². The molecule has 35 heavy (non-hydrogen) atoms. The summed E-state index contributed by atoms with van der Waals surface area (Å²) >= 11 is 0. The van der Waals surface area contributed by atoms with Crippen LogP contribution in [0.2, 0.25) is 0 Å². The highest BCUT2D eigenvalue weighted by molar-refractivity contribution is 7.88. The average molecular weight is 507 g/mol. The topological polar surface area (TPSA) is 130 Å². The highest BCUT2D eigenvalue weighted by Gasteiger charge is 2.41. The molecule has 2 aliphatic heterocycles. The van der Waals surface area contributed by atoms with Crippen molar-refractivity contribution in [1.82, 2.24) is 19.5 Å². The van der Waals surface area contributed by atoms with E-state index in [0.717, 1.165) is 30.0 Å². The van der Waals surface area contributed by atoms with Crippen LogP contribution >= 0.6 is 0 Å². The number of hydrogen-bond donors (Lipinski definition) is 3. The normalized spacial score (nSPS) is 23.5. The van der Waals surface area contributed by atoms with Crippen LogP contribution in [0, 0.1) is 0 Å². The van der Waals surface area contributed by atoms with Crippen LogP contribution in [0.25, 0.3) is 10.9 Å². The largest absolute Gasteiger partial charge is 0.413 e. The molecule has 3 N–H and O–H groups in total. The Labute approximate surface area is 205 Å². The summed E-state index contributed by atoms with van der Waals surface area (Å²) in [5.74, 6) is -0.00296. The number of amides is 1. The first-order chi connectivity index (χ1) is 16.5. The van der Waals surface area contributed by atoms with Gasteiger partial charge < -0.3 is 19.7 Å². The van der Waals surface area contributed by atoms with Crippen molar-refractivity contribution in [2.45, 2.75) is 69.8 Å². The molecular weight excluding hydrogens is 472 g/mol. The van der Waals surface area contributed by atoms with E-state index in [1.54, 1.807) is 10.6 Å². The van der Waals surface area contributed by atoms with Gasteiger partial charge in [-0.3, -0.25) is 9.69 Å². The van der Waals surface area contributed by atoms with E-state index in [1.165, 1.54) is 0 Å². The lowest BCUT2D eigenvalue weighted by molar-refractivity contribution is 0.0546. The zero-order valence-corrected chi connectivity index (χ0v) is 21.1. The van der Waals surface area contributed by atoms with Gasteiger partial charge in [0.2, 0.25) is 10.0 Å². The van der Waals surface area contributed by atoms with Gasteiger partial charge >= 0.3 is 6.09 Å². The summed E-state index contributed by atoms with van der Waals surface area (Å²) < 4.78 is 32.0. The predicted molar refractivity (Wildman–Crippen MR) is 133 cm³/mol. The molecule has 2 bridgehead atoms. The van der Waals surface area contributed by atoms with Crippen LogP contribution in [-0.4, -0.2) is 72.7 Å². The number of benzene rings is 1. The maximum Gasteiger partial charge on any atom is 0.413 e. The number of nitrogens with zero attached hydrogens (tertiary/aromatic N) is 2. The number of pyridine rings is 1. The zero-order chi connectivity index (χ0) is 25.3. The fraction of sp³-hybridized carbons (Fsp3) is 0.583. The van der Waals surface area contributed by atoms with Gasteiger partial charge in [-0.25, -0.2) is 17.9 Å². The van der Waals surface area contributed by atoms with Crippen molar-refractivity contribution in [2.24, 2.45) is 0 Å². The number of sulfonamides is 1. The van der Waals surface area contributed by atoms with Gasteiger partial charge in [0, 0.05) is 42.6 Å². The standard InChI is InChI=1S/C24H34N4O6S/c1-15(2)28-21-7-5-4-6-16(21)10-22(23(28)30)34-24(31)26-17-11-18-8-9-19(12-17)27(18)14-20(29)13-25-35(3,32)33/h4-7,10,15,17-20,25,29H,8-9,11-14H2,1-3H3,(H,26,31)/t17-,18-,19+,20?. The van der Waals surface area contributed by atoms with Crippen molar-refractivity contribution in [3.63, 3.8) is 0 Å². The number of aromatic nitrogens is 1. The van der Waals surface area contributed by atoms with Crippen LogP contribution in [0.15, 0.2) is 35.1 Å². The van der Waals surface area contributed by atoms with Crippen molar-refractivity contribution >= 4 is 27.0 Å². The number of hydrogen-bond acceptors (Lipinski definition) is 7. The number of para-hydroxylation sites is 1. The van der Waals surface area contributed by atoms with E-state index in [4.69, 9.17) is 4.74 Å². The summed E-state index contributed by atoms with van der Waals surface area (Å²) in [6.45, 7) is 4.17. The summed E-state index contributed by atoms with van der Waals surface area (Å²) in [5.41, 5.74) is 0.443. The zero-order valence-electron chi connectivity index (χ0n) is 20.3. The summed E-state index contributed by atoms with van der Waals surface area (Å²) in [4.78, 5) is 27.9. The summed E-state index contributed by atoms with van der Waals surface area (Å²) in [6.07, 6.45) is 2.91. The van der Waals surface area contributed by atoms with Gasteiger partial charge in [0.1, 0.15) is 0 Å². The van der Waals surface area contributed by atoms with E-state index in [2.05, 4.69) is 14.9 Å². The van der Waals surface area contributed by atoms with E-state index in [1.807, 2.05) is 38.1 Å². The molecule has 0 spiro atoms. The van der Waals surface area contributed by atoms with Gasteiger partial charge in [-0.15, -0.1) is 0 Å². The second kappa shape index (κ2) is 10.3. The maximum atomic E-state index is 13.0. The van der Waals surface area contributed by atoms with Crippen molar-refractivity contribution < 1.29 is 23.1 Å². The highest BCUT2D eigenvalue weighted by Crippen LogP contribution is 2.35. The average Bonchev–Trinajstić information content (AvgIpc) is 2.99. The SMILES string of the molecule is CC(C)n1c(=O)c(OC(=O)N[C@@H]2C[C@H]3CC[C@@H](C2)N3CC(O)CNS(C)(=O)=O)cc2ccccc21. The molecule has 2 aliphatic rings. The van der Waals surface area contributed by atoms with Crippen molar-refractivity contribution in [3.05, 3.63) is 40.7 Å². The molecule has 1 aromatic heterocycles. The Bertz CT molecular complexity index is 1230. The third kappa shape index (κ3) is 6.03. The van der Waals surface area contributed by atoms with Crippen molar-refractivity contribution in [2.75, 3.05) is 19.3 Å². The molecule has 2 aromatic rings. The molecule has 192 valence electrons. The van der Waals surface area contributed by atoms with E-state index in [9.17, 15) is 23.1 Å². The van der Waals surface area contributed by atoms with E-state index in [-0.39, 0.29) is 42.0 Å². The lowest BCUT2D eigenvalue weighted by Crippen LogP contribution is -2.53. The molecule has 0 aliphatic carbocycles. The van der Waals surface area contributed by atoms with E-state index < -0.39 is 22.2 Å². The van der Waals surface area contributed by atoms with Crippen LogP contribution in [0.3, 0.4) is 0 Å². The molecule has 2 fully saturated rings. The smallest absolute Gasteiger partial charge is 0.404 e. The molecule has 4 atom stereocenters. The summed E-state index contributed by atoms with van der Waals surface area (Å²) in [7, 11) is -3.36. The van der Waals surface area contributed by atoms with Gasteiger partial charge in [0.25, 0.3) is 5.56 Å². The second-order valence-corrected chi connectivity index (χ2v) is 11.7. The number of aliphatic hydroxyl groups excluding tert-OH is 1. The third-order valence-corrected chi connectivity index (χ3v) is 7.53. The van der Waals surface area contributed by atoms with Crippen LogP contribution in [0.5, 0.6) is 5.75 Å². The molecule has 11 heteroatoms. The molecule has 1 amide bonds. The van der Waals surface area contributed by atoms with Crippen molar-refractivity contribution in [1.29, 1.82) is 0 Å². The van der Waals surface area contributed by atoms with Gasteiger partial charge in [-0.05, 0) is 51.7 Å². The minimum atomic E-state index is -3.36. The minimum absolute atomic E-state index is 0.00296. The number of ether oxygens (including phenoxy) is 1. The lowest BCUT2D eigenvalue weighted by Gasteiger charge is -2.39. The molecule has 1 unspecified atom stereocenters. The molecule has 0 radical (unpaired) electrons. The molecular formula is C24H34N4O6S. The number of nitrogens with one attached hydrogen (secondary N) is 2. The minimum Gasteiger partial charge on any atom is -0.404 e. The molecule has 1 aromatic carbocycles. The quantitative estimate of drug-likeness (QED) is 0.496. The van der Waals surface area contributed by atoms with Crippen LogP contribution in [-0.2, 0) is 10.0 Å². The molecule has 2 saturated heterocycles. The summed E-state index contributed by atoms with van der Waals surface area (Å²) in [6, 6.07) is 9.28. The summed E-state index contributed by atoms with van der Waals surface area (Å²) in [5, 5.41) is 14.0. The predicted octanol–water partition coefficient (Wildman–Crippen LogP) is 1.58. The van der Waals surface area contributed by atoms with Gasteiger partial charge in [-0.2, -0.15) is 0 Å². The third-order valence-electron chi connectivity index (χ3n) is 6.84. The maximum absolute atomic E-state index is 13.0. The Balaban J connectivity index is 1.38. The Kier molecular flexibility index (Phi) is 7.51. The highest BCUT2D eigenvalue weighted by atomic mass is 32.2. The first-order valence-corrected chi connectivity index (χ1v) is 13.9. The monoisotopic (exact) mass is 506 g/mol. The number of rotatable bonds is 8. The van der Waals surface area contributed by atoms with Gasteiger partial charge in [0.15, 0.2) is 5.75 Å². The van der Waals surface area contributed by atoms with Gasteiger partial charge in [-0.1, -0.05) is 18.2 Å². The number of carbonyl (C=O) groups excluding carboxylic acids is 1. The fourth-order valence-corrected chi connectivity index (χ4v) is 5.88. The molecule has 10 nitrogen and oxygen atoms in total. The molecule has 0 saturated carbocycles. The first-order valence-electron chi connectivity index (χ1n) is 12.0. The lowest BCUT2D eigenvalue weighted by atomic mass is 9.97. The first kappa shape index (κ1) is 25.6. The Morgan fingerprint density at radius 2 is 1.86 bits per heavy atom. The van der Waals surface area contributed by atoms with Crippen molar-refractivity contribution in [3.8, 4) is 5.75 Å². The molecule has 4 rings (SSSR count). The number of fused-ring (bicyclic) bond motifs is 3. The Morgan fingerprint density at radius 1 is 1.20 bits per heavy atom.